The first-order chi connectivity index (χ1) is 7.18. The molecule has 1 heterocycles. The lowest BCUT2D eigenvalue weighted by Gasteiger charge is -2.09. The molecular weight excluding hydrogens is 226 g/mol. The minimum atomic E-state index is 0.408. The quantitative estimate of drug-likeness (QED) is 0.852. The van der Waals surface area contributed by atoms with Gasteiger partial charge < -0.3 is 5.32 Å². The molecule has 0 radical (unpaired) electrons. The smallest absolute Gasteiger partial charge is 0.0931 e. The van der Waals surface area contributed by atoms with Crippen LogP contribution in [0.25, 0.3) is 0 Å². The Morgan fingerprint density at radius 1 is 1.60 bits per heavy atom. The van der Waals surface area contributed by atoms with Crippen LogP contribution in [-0.4, -0.2) is 12.6 Å². The van der Waals surface area contributed by atoms with Gasteiger partial charge in [0.15, 0.2) is 0 Å². The van der Waals surface area contributed by atoms with E-state index < -0.39 is 0 Å². The van der Waals surface area contributed by atoms with Crippen molar-refractivity contribution in [3.63, 3.8) is 0 Å². The van der Waals surface area contributed by atoms with E-state index in [4.69, 9.17) is 11.6 Å². The molecule has 0 saturated heterocycles. The summed E-state index contributed by atoms with van der Waals surface area (Å²) in [7, 11) is 0. The molecule has 1 aromatic rings. The zero-order valence-electron chi connectivity index (χ0n) is 8.92. The van der Waals surface area contributed by atoms with Crippen LogP contribution in [0.1, 0.15) is 31.7 Å². The van der Waals surface area contributed by atoms with Gasteiger partial charge in [-0.3, -0.25) is 0 Å². The fourth-order valence-corrected chi connectivity index (χ4v) is 3.33. The molecule has 1 N–H and O–H groups in total. The van der Waals surface area contributed by atoms with E-state index in [0.717, 1.165) is 16.3 Å². The maximum Gasteiger partial charge on any atom is 0.0931 e. The predicted octanol–water partition coefficient (Wildman–Crippen LogP) is 3.43. The standard InChI is InChI=1S/C12H16ClNS/c1-12(8-4-11(13)15-7-8)5-9(12)6-14-10-2-3-10/h4,7,9-10,14H,2-3,5-6H2,1H3. The topological polar surface area (TPSA) is 12.0 Å². The van der Waals surface area contributed by atoms with Crippen LogP contribution in [0.5, 0.6) is 0 Å². The molecule has 0 bridgehead atoms. The molecule has 2 unspecified atom stereocenters. The Bertz CT molecular complexity index is 371. The van der Waals surface area contributed by atoms with Gasteiger partial charge in [-0.15, -0.1) is 11.3 Å². The van der Waals surface area contributed by atoms with Gasteiger partial charge in [0.05, 0.1) is 4.34 Å². The number of rotatable bonds is 4. The van der Waals surface area contributed by atoms with Crippen LogP contribution in [0.15, 0.2) is 11.4 Å². The van der Waals surface area contributed by atoms with Crippen LogP contribution in [-0.2, 0) is 5.41 Å². The van der Waals surface area contributed by atoms with E-state index in [-0.39, 0.29) is 0 Å². The molecule has 3 heteroatoms. The third-order valence-electron chi connectivity index (χ3n) is 3.87. The summed E-state index contributed by atoms with van der Waals surface area (Å²) in [5.41, 5.74) is 1.85. The van der Waals surface area contributed by atoms with Crippen LogP contribution >= 0.6 is 22.9 Å². The highest BCUT2D eigenvalue weighted by Crippen LogP contribution is 2.54. The maximum atomic E-state index is 5.98. The van der Waals surface area contributed by atoms with Crippen LogP contribution < -0.4 is 5.32 Å². The molecule has 0 amide bonds. The van der Waals surface area contributed by atoms with Gasteiger partial charge in [0, 0.05) is 6.04 Å². The predicted molar refractivity (Wildman–Crippen MR) is 65.8 cm³/mol. The average Bonchev–Trinajstić information content (AvgIpc) is 3.07. The van der Waals surface area contributed by atoms with Gasteiger partial charge >= 0.3 is 0 Å². The molecule has 2 atom stereocenters. The summed E-state index contributed by atoms with van der Waals surface area (Å²) in [5.74, 6) is 0.823. The normalized spacial score (nSPS) is 34.4. The molecule has 0 aliphatic heterocycles. The Morgan fingerprint density at radius 3 is 3.00 bits per heavy atom. The number of halogens is 1. The van der Waals surface area contributed by atoms with Crippen molar-refractivity contribution in [2.75, 3.05) is 6.54 Å². The van der Waals surface area contributed by atoms with Gasteiger partial charge in [0.1, 0.15) is 0 Å². The summed E-state index contributed by atoms with van der Waals surface area (Å²) in [6, 6.07) is 2.98. The lowest BCUT2D eigenvalue weighted by Crippen LogP contribution is -2.21. The highest BCUT2D eigenvalue weighted by Gasteiger charge is 2.51. The van der Waals surface area contributed by atoms with Gasteiger partial charge in [-0.25, -0.2) is 0 Å². The molecular formula is C12H16ClNS. The highest BCUT2D eigenvalue weighted by atomic mass is 35.5. The van der Waals surface area contributed by atoms with Gasteiger partial charge in [-0.1, -0.05) is 18.5 Å². The van der Waals surface area contributed by atoms with E-state index in [1.165, 1.54) is 31.4 Å². The van der Waals surface area contributed by atoms with Crippen LogP contribution in [0.2, 0.25) is 4.34 Å². The Kier molecular flexibility index (Phi) is 2.35. The second kappa shape index (κ2) is 3.47. The lowest BCUT2D eigenvalue weighted by atomic mass is 9.99. The van der Waals surface area contributed by atoms with E-state index >= 15 is 0 Å². The van der Waals surface area contributed by atoms with Crippen molar-refractivity contribution in [1.82, 2.24) is 5.32 Å². The molecule has 15 heavy (non-hydrogen) atoms. The molecule has 82 valence electrons. The average molecular weight is 242 g/mol. The third kappa shape index (κ3) is 1.95. The van der Waals surface area contributed by atoms with Gasteiger partial charge in [-0.2, -0.15) is 0 Å². The monoisotopic (exact) mass is 241 g/mol. The molecule has 0 spiro atoms. The maximum absolute atomic E-state index is 5.98. The van der Waals surface area contributed by atoms with Crippen molar-refractivity contribution in [3.05, 3.63) is 21.3 Å². The first-order valence-electron chi connectivity index (χ1n) is 5.66. The first kappa shape index (κ1) is 10.1. The van der Waals surface area contributed by atoms with Gasteiger partial charge in [0.2, 0.25) is 0 Å². The molecule has 2 fully saturated rings. The van der Waals surface area contributed by atoms with Crippen LogP contribution in [0.4, 0.5) is 0 Å². The molecule has 3 rings (SSSR count). The molecule has 2 aliphatic carbocycles. The highest BCUT2D eigenvalue weighted by molar-refractivity contribution is 7.14. The Hall–Kier alpha value is -0.0500. The zero-order chi connectivity index (χ0) is 10.5. The second-order valence-electron chi connectivity index (χ2n) is 5.14. The molecule has 2 saturated carbocycles. The number of nitrogens with one attached hydrogen (secondary N) is 1. The van der Waals surface area contributed by atoms with E-state index in [1.807, 2.05) is 0 Å². The Labute approximate surface area is 99.8 Å². The molecule has 0 aromatic carbocycles. The van der Waals surface area contributed by atoms with Crippen molar-refractivity contribution in [3.8, 4) is 0 Å². The van der Waals surface area contributed by atoms with Crippen molar-refractivity contribution < 1.29 is 0 Å². The van der Waals surface area contributed by atoms with Crippen molar-refractivity contribution in [2.45, 2.75) is 37.6 Å². The van der Waals surface area contributed by atoms with E-state index in [9.17, 15) is 0 Å². The lowest BCUT2D eigenvalue weighted by molar-refractivity contribution is 0.576. The van der Waals surface area contributed by atoms with E-state index in [2.05, 4.69) is 23.7 Å². The van der Waals surface area contributed by atoms with Crippen LogP contribution in [0.3, 0.4) is 0 Å². The van der Waals surface area contributed by atoms with Crippen molar-refractivity contribution in [2.24, 2.45) is 5.92 Å². The largest absolute Gasteiger partial charge is 0.314 e. The van der Waals surface area contributed by atoms with Crippen molar-refractivity contribution in [1.29, 1.82) is 0 Å². The van der Waals surface area contributed by atoms with Crippen LogP contribution in [0, 0.1) is 5.92 Å². The summed E-state index contributed by atoms with van der Waals surface area (Å²) < 4.78 is 0.923. The second-order valence-corrected chi connectivity index (χ2v) is 6.68. The van der Waals surface area contributed by atoms with E-state index in [1.54, 1.807) is 11.3 Å². The Morgan fingerprint density at radius 2 is 2.40 bits per heavy atom. The summed E-state index contributed by atoms with van der Waals surface area (Å²) in [6.45, 7) is 3.55. The minimum absolute atomic E-state index is 0.408. The number of hydrogen-bond acceptors (Lipinski definition) is 2. The molecule has 1 nitrogen and oxygen atoms in total. The van der Waals surface area contributed by atoms with Gasteiger partial charge in [0.25, 0.3) is 0 Å². The first-order valence-corrected chi connectivity index (χ1v) is 6.92. The zero-order valence-corrected chi connectivity index (χ0v) is 10.5. The van der Waals surface area contributed by atoms with Gasteiger partial charge in [-0.05, 0) is 54.1 Å². The van der Waals surface area contributed by atoms with Crippen molar-refractivity contribution >= 4 is 22.9 Å². The number of hydrogen-bond donors (Lipinski definition) is 1. The minimum Gasteiger partial charge on any atom is -0.314 e. The SMILES string of the molecule is CC1(c2csc(Cl)c2)CC1CNC1CC1. The van der Waals surface area contributed by atoms with E-state index in [0.29, 0.717) is 5.41 Å². The summed E-state index contributed by atoms with van der Waals surface area (Å²) in [4.78, 5) is 0. The molecule has 1 aromatic heterocycles. The summed E-state index contributed by atoms with van der Waals surface area (Å²) in [5, 5.41) is 5.84. The summed E-state index contributed by atoms with van der Waals surface area (Å²) in [6.07, 6.45) is 4.08. The number of thiophene rings is 1. The molecule has 2 aliphatic rings. The Balaban J connectivity index is 1.61. The fraction of sp³-hybridized carbons (Fsp3) is 0.667. The fourth-order valence-electron chi connectivity index (χ4n) is 2.31. The summed E-state index contributed by atoms with van der Waals surface area (Å²) >= 11 is 7.64. The third-order valence-corrected chi connectivity index (χ3v) is 4.96.